The van der Waals surface area contributed by atoms with Gasteiger partial charge in [0.1, 0.15) is 17.1 Å². The summed E-state index contributed by atoms with van der Waals surface area (Å²) in [5.41, 5.74) is 5.87. The third-order valence-electron chi connectivity index (χ3n) is 7.68. The highest BCUT2D eigenvalue weighted by Gasteiger charge is 2.28. The van der Waals surface area contributed by atoms with Crippen LogP contribution in [0.3, 0.4) is 0 Å². The largest absolute Gasteiger partial charge is 0.495 e. The summed E-state index contributed by atoms with van der Waals surface area (Å²) in [6, 6.07) is 12.6. The molecule has 2 aliphatic rings. The topological polar surface area (TPSA) is 85.8 Å². The van der Waals surface area contributed by atoms with Gasteiger partial charge in [-0.15, -0.1) is 11.3 Å². The lowest BCUT2D eigenvalue weighted by Crippen LogP contribution is -2.41. The number of anilines is 2. The molecule has 1 saturated heterocycles. The number of likely N-dealkylation sites (tertiary alicyclic amines) is 1. The molecular formula is C32H36N4O4S. The molecule has 1 N–H and O–H groups in total. The molecule has 0 bridgehead atoms. The molecule has 1 fully saturated rings. The van der Waals surface area contributed by atoms with Crippen LogP contribution in [0.1, 0.15) is 55.5 Å². The normalized spacial score (nSPS) is 15.5. The van der Waals surface area contributed by atoms with Crippen LogP contribution in [0.4, 0.5) is 16.4 Å². The Hall–Kier alpha value is -3.85. The quantitative estimate of drug-likeness (QED) is 0.265. The van der Waals surface area contributed by atoms with Gasteiger partial charge < -0.3 is 24.4 Å². The average molecular weight is 573 g/mol. The summed E-state index contributed by atoms with van der Waals surface area (Å²) < 4.78 is 18.4. The number of nitrogens with zero attached hydrogens (tertiary/aromatic N) is 3. The standard InChI is InChI=1S/C32H36N4O4S/c1-19-27(23-8-6-7-21-13-16-39-29(21)23)28-26(41-19)18-33-30(35-28)34-24-10-9-22(17-25(24)38-5)20-11-14-36(15-12-20)31(37)40-32(2,3)4/h6-10,17-18,20H,11-16H2,1-5H3,(H,33,34,35). The Morgan fingerprint density at radius 1 is 1.17 bits per heavy atom. The number of aromatic nitrogens is 2. The van der Waals surface area contributed by atoms with E-state index in [1.807, 2.05) is 33.0 Å². The maximum Gasteiger partial charge on any atom is 0.410 e. The smallest absolute Gasteiger partial charge is 0.410 e. The highest BCUT2D eigenvalue weighted by molar-refractivity contribution is 7.19. The van der Waals surface area contributed by atoms with Gasteiger partial charge in [0.15, 0.2) is 0 Å². The number of thiophene rings is 1. The second-order valence-electron chi connectivity index (χ2n) is 11.7. The monoisotopic (exact) mass is 572 g/mol. The number of fused-ring (bicyclic) bond motifs is 2. The Morgan fingerprint density at radius 3 is 2.73 bits per heavy atom. The Balaban J connectivity index is 1.21. The number of rotatable bonds is 5. The van der Waals surface area contributed by atoms with Crippen LogP contribution in [-0.2, 0) is 11.2 Å². The number of carbonyl (C=O) groups is 1. The number of amides is 1. The van der Waals surface area contributed by atoms with Crippen LogP contribution >= 0.6 is 11.3 Å². The molecule has 41 heavy (non-hydrogen) atoms. The van der Waals surface area contributed by atoms with E-state index in [0.29, 0.717) is 31.6 Å². The molecule has 4 heterocycles. The molecule has 4 aromatic rings. The molecule has 214 valence electrons. The first-order chi connectivity index (χ1) is 19.7. The van der Waals surface area contributed by atoms with E-state index >= 15 is 0 Å². The second kappa shape index (κ2) is 10.9. The molecule has 0 unspecified atom stereocenters. The number of hydrogen-bond acceptors (Lipinski definition) is 8. The SMILES string of the molecule is COc1cc(C2CCN(C(=O)OC(C)(C)C)CC2)ccc1Nc1ncc2sc(C)c(-c3cccc4c3OCC4)c2n1. The van der Waals surface area contributed by atoms with Crippen LogP contribution in [0.5, 0.6) is 11.5 Å². The van der Waals surface area contributed by atoms with Crippen molar-refractivity contribution in [3.63, 3.8) is 0 Å². The summed E-state index contributed by atoms with van der Waals surface area (Å²) in [6.45, 7) is 9.88. The minimum atomic E-state index is -0.488. The van der Waals surface area contributed by atoms with E-state index in [0.717, 1.165) is 57.8 Å². The number of methoxy groups -OCH3 is 1. The molecule has 0 aliphatic carbocycles. The first-order valence-electron chi connectivity index (χ1n) is 14.1. The van der Waals surface area contributed by atoms with E-state index in [1.54, 1.807) is 23.3 Å². The van der Waals surface area contributed by atoms with Gasteiger partial charge in [-0.05, 0) is 69.7 Å². The van der Waals surface area contributed by atoms with Gasteiger partial charge in [0.05, 0.1) is 35.8 Å². The van der Waals surface area contributed by atoms with E-state index in [-0.39, 0.29) is 6.09 Å². The van der Waals surface area contributed by atoms with Gasteiger partial charge in [-0.1, -0.05) is 24.3 Å². The lowest BCUT2D eigenvalue weighted by atomic mass is 9.89. The Bertz CT molecular complexity index is 1600. The predicted octanol–water partition coefficient (Wildman–Crippen LogP) is 7.47. The molecule has 6 rings (SSSR count). The highest BCUT2D eigenvalue weighted by atomic mass is 32.1. The van der Waals surface area contributed by atoms with Gasteiger partial charge >= 0.3 is 6.09 Å². The summed E-state index contributed by atoms with van der Waals surface area (Å²) in [6.07, 6.45) is 4.34. The van der Waals surface area contributed by atoms with Gasteiger partial charge in [-0.2, -0.15) is 0 Å². The summed E-state index contributed by atoms with van der Waals surface area (Å²) in [5, 5.41) is 3.39. The number of carbonyl (C=O) groups excluding carboxylic acids is 1. The van der Waals surface area contributed by atoms with E-state index in [2.05, 4.69) is 47.6 Å². The fourth-order valence-electron chi connectivity index (χ4n) is 5.70. The van der Waals surface area contributed by atoms with Crippen molar-refractivity contribution in [2.75, 3.05) is 32.1 Å². The minimum absolute atomic E-state index is 0.238. The van der Waals surface area contributed by atoms with Gasteiger partial charge in [-0.25, -0.2) is 14.8 Å². The Labute approximate surface area is 244 Å². The zero-order valence-corrected chi connectivity index (χ0v) is 25.1. The van der Waals surface area contributed by atoms with Crippen molar-refractivity contribution in [3.8, 4) is 22.6 Å². The zero-order chi connectivity index (χ0) is 28.7. The average Bonchev–Trinajstić information content (AvgIpc) is 3.56. The summed E-state index contributed by atoms with van der Waals surface area (Å²) in [5.74, 6) is 2.56. The molecule has 0 radical (unpaired) electrons. The van der Waals surface area contributed by atoms with Crippen LogP contribution in [0, 0.1) is 6.92 Å². The van der Waals surface area contributed by atoms with E-state index in [1.165, 1.54) is 16.0 Å². The molecule has 0 saturated carbocycles. The third-order valence-corrected chi connectivity index (χ3v) is 8.71. The molecule has 2 aromatic heterocycles. The van der Waals surface area contributed by atoms with Crippen LogP contribution in [-0.4, -0.2) is 53.4 Å². The van der Waals surface area contributed by atoms with Crippen molar-refractivity contribution in [1.82, 2.24) is 14.9 Å². The molecule has 0 spiro atoms. The molecular weight excluding hydrogens is 536 g/mol. The fourth-order valence-corrected chi connectivity index (χ4v) is 6.69. The maximum absolute atomic E-state index is 12.5. The predicted molar refractivity (Wildman–Crippen MR) is 163 cm³/mol. The van der Waals surface area contributed by atoms with Crippen molar-refractivity contribution >= 4 is 39.3 Å². The highest BCUT2D eigenvalue weighted by Crippen LogP contribution is 2.44. The van der Waals surface area contributed by atoms with Crippen molar-refractivity contribution in [1.29, 1.82) is 0 Å². The van der Waals surface area contributed by atoms with E-state index in [4.69, 9.17) is 19.2 Å². The maximum atomic E-state index is 12.5. The lowest BCUT2D eigenvalue weighted by molar-refractivity contribution is 0.0205. The zero-order valence-electron chi connectivity index (χ0n) is 24.2. The van der Waals surface area contributed by atoms with Crippen molar-refractivity contribution in [2.24, 2.45) is 0 Å². The van der Waals surface area contributed by atoms with Gasteiger partial charge in [-0.3, -0.25) is 0 Å². The number of para-hydroxylation sites is 1. The minimum Gasteiger partial charge on any atom is -0.495 e. The van der Waals surface area contributed by atoms with Gasteiger partial charge in [0.25, 0.3) is 0 Å². The van der Waals surface area contributed by atoms with Crippen LogP contribution in [0.2, 0.25) is 0 Å². The number of hydrogen-bond donors (Lipinski definition) is 1. The molecule has 8 nitrogen and oxygen atoms in total. The molecule has 1 amide bonds. The molecule has 0 atom stereocenters. The number of nitrogens with one attached hydrogen (secondary N) is 1. The third kappa shape index (κ3) is 5.55. The Morgan fingerprint density at radius 2 is 1.98 bits per heavy atom. The summed E-state index contributed by atoms with van der Waals surface area (Å²) in [7, 11) is 1.68. The first-order valence-corrected chi connectivity index (χ1v) is 15.0. The summed E-state index contributed by atoms with van der Waals surface area (Å²) >= 11 is 1.70. The number of ether oxygens (including phenoxy) is 3. The van der Waals surface area contributed by atoms with Gasteiger partial charge in [0.2, 0.25) is 5.95 Å². The van der Waals surface area contributed by atoms with Crippen LogP contribution in [0.25, 0.3) is 21.3 Å². The van der Waals surface area contributed by atoms with Crippen molar-refractivity contribution < 1.29 is 19.0 Å². The van der Waals surface area contributed by atoms with E-state index < -0.39 is 5.60 Å². The Kier molecular flexibility index (Phi) is 7.23. The number of aryl methyl sites for hydroxylation is 1. The molecule has 2 aromatic carbocycles. The first kappa shape index (κ1) is 27.3. The number of benzene rings is 2. The fraction of sp³-hybridized carbons (Fsp3) is 0.406. The second-order valence-corrected chi connectivity index (χ2v) is 12.9. The van der Waals surface area contributed by atoms with Gasteiger partial charge in [0, 0.05) is 35.5 Å². The van der Waals surface area contributed by atoms with Crippen molar-refractivity contribution in [3.05, 3.63) is 58.6 Å². The van der Waals surface area contributed by atoms with E-state index in [9.17, 15) is 4.79 Å². The summed E-state index contributed by atoms with van der Waals surface area (Å²) in [4.78, 5) is 25.0. The molecule has 9 heteroatoms. The van der Waals surface area contributed by atoms with Crippen molar-refractivity contribution in [2.45, 2.75) is 58.5 Å². The lowest BCUT2D eigenvalue weighted by Gasteiger charge is -2.33. The molecule has 2 aliphatic heterocycles. The number of piperidine rings is 1. The van der Waals surface area contributed by atoms with Crippen LogP contribution < -0.4 is 14.8 Å². The van der Waals surface area contributed by atoms with Crippen LogP contribution in [0.15, 0.2) is 42.6 Å².